The van der Waals surface area contributed by atoms with E-state index < -0.39 is 10.0 Å². The van der Waals surface area contributed by atoms with E-state index in [1.54, 1.807) is 41.6 Å². The van der Waals surface area contributed by atoms with Gasteiger partial charge in [0.15, 0.2) is 0 Å². The van der Waals surface area contributed by atoms with Crippen molar-refractivity contribution in [3.05, 3.63) is 84.2 Å². The first kappa shape index (κ1) is 21.2. The number of rotatable bonds is 6. The zero-order valence-corrected chi connectivity index (χ0v) is 19.0. The van der Waals surface area contributed by atoms with Gasteiger partial charge in [0, 0.05) is 25.7 Å². The van der Waals surface area contributed by atoms with Crippen LogP contribution in [-0.2, 0) is 34.2 Å². The van der Waals surface area contributed by atoms with Gasteiger partial charge in [-0.15, -0.1) is 0 Å². The van der Waals surface area contributed by atoms with Crippen LogP contribution >= 0.6 is 0 Å². The highest BCUT2D eigenvalue weighted by Crippen LogP contribution is 2.31. The lowest BCUT2D eigenvalue weighted by Crippen LogP contribution is -2.25. The molecule has 0 saturated carbocycles. The van der Waals surface area contributed by atoms with Crippen molar-refractivity contribution in [2.24, 2.45) is 0 Å². The molecule has 168 valence electrons. The highest BCUT2D eigenvalue weighted by molar-refractivity contribution is 7.92. The van der Waals surface area contributed by atoms with Gasteiger partial charge in [-0.3, -0.25) is 9.52 Å². The van der Waals surface area contributed by atoms with Gasteiger partial charge >= 0.3 is 0 Å². The molecule has 1 amide bonds. The molecule has 0 atom stereocenters. The summed E-state index contributed by atoms with van der Waals surface area (Å²) in [5.74, 6) is -0.0426. The molecule has 4 aromatic rings. The predicted molar refractivity (Wildman–Crippen MR) is 129 cm³/mol. The lowest BCUT2D eigenvalue weighted by molar-refractivity contribution is -0.116. The van der Waals surface area contributed by atoms with Gasteiger partial charge in [0.2, 0.25) is 5.91 Å². The number of sulfonamides is 1. The minimum Gasteiger partial charge on any atom is -0.330 e. The van der Waals surface area contributed by atoms with Crippen LogP contribution in [0.1, 0.15) is 18.1 Å². The molecule has 1 aromatic heterocycles. The Balaban J connectivity index is 1.34. The fourth-order valence-electron chi connectivity index (χ4n) is 4.29. The second-order valence-corrected chi connectivity index (χ2v) is 9.88. The van der Waals surface area contributed by atoms with Crippen molar-refractivity contribution in [2.75, 3.05) is 16.2 Å². The van der Waals surface area contributed by atoms with E-state index in [2.05, 4.69) is 26.4 Å². The second kappa shape index (κ2) is 8.37. The lowest BCUT2D eigenvalue weighted by Gasteiger charge is -2.15. The van der Waals surface area contributed by atoms with E-state index in [0.717, 1.165) is 35.2 Å². The molecule has 1 aliphatic rings. The van der Waals surface area contributed by atoms with Crippen molar-refractivity contribution in [3.8, 4) is 0 Å². The number of amides is 1. The van der Waals surface area contributed by atoms with Gasteiger partial charge in [-0.1, -0.05) is 30.3 Å². The van der Waals surface area contributed by atoms with Gasteiger partial charge in [0.05, 0.1) is 27.9 Å². The molecule has 0 spiro atoms. The summed E-state index contributed by atoms with van der Waals surface area (Å²) in [5, 5.41) is 0. The van der Waals surface area contributed by atoms with Crippen LogP contribution in [0.3, 0.4) is 0 Å². The third-order valence-corrected chi connectivity index (χ3v) is 7.37. The molecule has 7 nitrogen and oxygen atoms in total. The molecule has 0 aliphatic carbocycles. The van der Waals surface area contributed by atoms with Crippen LogP contribution in [0.25, 0.3) is 11.0 Å². The fourth-order valence-corrected chi connectivity index (χ4v) is 5.39. The molecule has 5 rings (SSSR count). The van der Waals surface area contributed by atoms with Crippen LogP contribution in [0.4, 0.5) is 11.4 Å². The summed E-state index contributed by atoms with van der Waals surface area (Å²) in [6.45, 7) is 2.88. The number of imidazole rings is 1. The smallest absolute Gasteiger partial charge is 0.261 e. The topological polar surface area (TPSA) is 84.3 Å². The second-order valence-electron chi connectivity index (χ2n) is 8.19. The number of aryl methyl sites for hydroxylation is 2. The molecular weight excluding hydrogens is 436 g/mol. The molecule has 0 fully saturated rings. The Hall–Kier alpha value is -3.65. The van der Waals surface area contributed by atoms with E-state index in [1.807, 2.05) is 24.3 Å². The first-order chi connectivity index (χ1) is 15.9. The molecule has 1 aliphatic heterocycles. The molecule has 1 N–H and O–H groups in total. The number of hydrogen-bond acceptors (Lipinski definition) is 4. The molecule has 33 heavy (non-hydrogen) atoms. The highest BCUT2D eigenvalue weighted by atomic mass is 32.2. The summed E-state index contributed by atoms with van der Waals surface area (Å²) in [6, 6.07) is 20.5. The maximum atomic E-state index is 13.0. The van der Waals surface area contributed by atoms with Gasteiger partial charge in [0.1, 0.15) is 0 Å². The number of hydrogen-bond donors (Lipinski definition) is 1. The van der Waals surface area contributed by atoms with Crippen LogP contribution in [0.2, 0.25) is 0 Å². The highest BCUT2D eigenvalue weighted by Gasteiger charge is 2.25. The molecule has 0 unspecified atom stereocenters. The van der Waals surface area contributed by atoms with Gasteiger partial charge in [0.25, 0.3) is 10.0 Å². The Labute approximate surface area is 192 Å². The van der Waals surface area contributed by atoms with E-state index >= 15 is 0 Å². The van der Waals surface area contributed by atoms with Crippen LogP contribution in [0.5, 0.6) is 0 Å². The number of anilines is 2. The molecule has 2 heterocycles. The van der Waals surface area contributed by atoms with E-state index in [9.17, 15) is 13.2 Å². The van der Waals surface area contributed by atoms with Crippen molar-refractivity contribution in [2.45, 2.75) is 31.2 Å². The first-order valence-corrected chi connectivity index (χ1v) is 12.3. The number of benzene rings is 3. The Morgan fingerprint density at radius 2 is 1.88 bits per heavy atom. The molecule has 3 aromatic carbocycles. The van der Waals surface area contributed by atoms with E-state index in [4.69, 9.17) is 0 Å². The fraction of sp³-hybridized carbons (Fsp3) is 0.200. The standard InChI is InChI=1S/C25H24N4O3S/c1-18(30)29-14-12-20-15-22(8-10-24(20)29)33(31,32)27-21-7-9-25-23(16-21)26-17-28(25)13-11-19-5-3-2-4-6-19/h2-10,15-17,27H,11-14H2,1H3. The van der Waals surface area contributed by atoms with E-state index in [0.29, 0.717) is 18.7 Å². The number of carbonyl (C=O) groups is 1. The van der Waals surface area contributed by atoms with Crippen LogP contribution in [0.15, 0.2) is 78.0 Å². The number of carbonyl (C=O) groups excluding carboxylic acids is 1. The SMILES string of the molecule is CC(=O)N1CCc2cc(S(=O)(=O)Nc3ccc4c(c3)ncn4CCc3ccccc3)ccc21. The summed E-state index contributed by atoms with van der Waals surface area (Å²) in [7, 11) is -3.77. The van der Waals surface area contributed by atoms with Gasteiger partial charge in [-0.05, 0) is 60.4 Å². The van der Waals surface area contributed by atoms with E-state index in [-0.39, 0.29) is 10.8 Å². The summed E-state index contributed by atoms with van der Waals surface area (Å²) >= 11 is 0. The average Bonchev–Trinajstić information content (AvgIpc) is 3.41. The number of nitrogens with zero attached hydrogens (tertiary/aromatic N) is 3. The van der Waals surface area contributed by atoms with Crippen molar-refractivity contribution in [1.29, 1.82) is 0 Å². The summed E-state index contributed by atoms with van der Waals surface area (Å²) < 4.78 is 30.7. The maximum absolute atomic E-state index is 13.0. The van der Waals surface area contributed by atoms with Gasteiger partial charge < -0.3 is 9.47 Å². The number of fused-ring (bicyclic) bond motifs is 2. The Bertz CT molecular complexity index is 1450. The normalized spacial score (nSPS) is 13.3. The van der Waals surface area contributed by atoms with Crippen molar-refractivity contribution in [1.82, 2.24) is 9.55 Å². The third-order valence-electron chi connectivity index (χ3n) is 5.99. The minimum absolute atomic E-state index is 0.0426. The molecular formula is C25H24N4O3S. The predicted octanol–water partition coefficient (Wildman–Crippen LogP) is 3.99. The molecule has 0 radical (unpaired) electrons. The van der Waals surface area contributed by atoms with Crippen LogP contribution in [0, 0.1) is 0 Å². The van der Waals surface area contributed by atoms with E-state index in [1.165, 1.54) is 12.5 Å². The zero-order chi connectivity index (χ0) is 23.0. The summed E-state index contributed by atoms with van der Waals surface area (Å²) in [4.78, 5) is 18.0. The molecule has 0 bridgehead atoms. The van der Waals surface area contributed by atoms with Gasteiger partial charge in [-0.25, -0.2) is 13.4 Å². The van der Waals surface area contributed by atoms with Crippen LogP contribution in [-0.4, -0.2) is 30.4 Å². The quantitative estimate of drug-likeness (QED) is 0.472. The van der Waals surface area contributed by atoms with Crippen molar-refractivity contribution in [3.63, 3.8) is 0 Å². The Morgan fingerprint density at radius 1 is 1.06 bits per heavy atom. The average molecular weight is 461 g/mol. The molecule has 0 saturated heterocycles. The van der Waals surface area contributed by atoms with Crippen molar-refractivity contribution >= 4 is 38.3 Å². The third kappa shape index (κ3) is 4.21. The van der Waals surface area contributed by atoms with Crippen LogP contribution < -0.4 is 9.62 Å². The summed E-state index contributed by atoms with van der Waals surface area (Å²) in [6.07, 6.45) is 3.32. The van der Waals surface area contributed by atoms with Gasteiger partial charge in [-0.2, -0.15) is 0 Å². The maximum Gasteiger partial charge on any atom is 0.261 e. The Kier molecular flexibility index (Phi) is 5.38. The Morgan fingerprint density at radius 3 is 2.67 bits per heavy atom. The minimum atomic E-state index is -3.77. The largest absolute Gasteiger partial charge is 0.330 e. The van der Waals surface area contributed by atoms with Crippen molar-refractivity contribution < 1.29 is 13.2 Å². The molecule has 8 heteroatoms. The summed E-state index contributed by atoms with van der Waals surface area (Å²) in [5.41, 5.74) is 5.04. The lowest BCUT2D eigenvalue weighted by atomic mass is 10.1. The number of nitrogens with one attached hydrogen (secondary N) is 1. The monoisotopic (exact) mass is 460 g/mol. The zero-order valence-electron chi connectivity index (χ0n) is 18.2. The number of aromatic nitrogens is 2. The first-order valence-electron chi connectivity index (χ1n) is 10.8.